The van der Waals surface area contributed by atoms with Crippen LogP contribution in [0.25, 0.3) is 0 Å². The molecule has 0 aliphatic rings. The summed E-state index contributed by atoms with van der Waals surface area (Å²) in [5.41, 5.74) is 0.863. The van der Waals surface area contributed by atoms with Crippen LogP contribution in [-0.2, 0) is 4.79 Å². The van der Waals surface area contributed by atoms with Gasteiger partial charge in [-0.05, 0) is 12.5 Å². The number of aldehydes is 1. The van der Waals surface area contributed by atoms with E-state index in [1.807, 2.05) is 32.9 Å². The maximum Gasteiger partial charge on any atom is 0.124 e. The lowest BCUT2D eigenvalue weighted by molar-refractivity contribution is -0.107. The van der Waals surface area contributed by atoms with Crippen molar-refractivity contribution in [3.63, 3.8) is 0 Å². The van der Waals surface area contributed by atoms with Crippen molar-refractivity contribution in [2.75, 3.05) is 0 Å². The molecule has 58 valence electrons. The minimum Gasteiger partial charge on any atom is -0.303 e. The highest BCUT2D eigenvalue weighted by Gasteiger charge is 1.81. The van der Waals surface area contributed by atoms with Crippen LogP contribution in [0.2, 0.25) is 0 Å². The Morgan fingerprint density at radius 2 is 2.00 bits per heavy atom. The van der Waals surface area contributed by atoms with Crippen LogP contribution in [0.1, 0.15) is 27.2 Å². The molecule has 0 rings (SSSR count). The fourth-order valence-electron chi connectivity index (χ4n) is 0.411. The first kappa shape index (κ1) is 11.9. The SMILES string of the molecule is C=C(/C=C\C)CC=O.CC. The van der Waals surface area contributed by atoms with Gasteiger partial charge in [-0.1, -0.05) is 32.6 Å². The van der Waals surface area contributed by atoms with Gasteiger partial charge < -0.3 is 4.79 Å². The first-order valence-corrected chi connectivity index (χ1v) is 3.55. The average molecular weight is 140 g/mol. The highest BCUT2D eigenvalue weighted by atomic mass is 16.1. The summed E-state index contributed by atoms with van der Waals surface area (Å²) in [5.74, 6) is 0. The molecule has 0 bridgehead atoms. The van der Waals surface area contributed by atoms with Crippen LogP contribution < -0.4 is 0 Å². The Hall–Kier alpha value is -0.850. The van der Waals surface area contributed by atoms with E-state index in [1.54, 1.807) is 0 Å². The average Bonchev–Trinajstić information content (AvgIpc) is 1.93. The number of hydrogen-bond acceptors (Lipinski definition) is 1. The summed E-state index contributed by atoms with van der Waals surface area (Å²) in [6.07, 6.45) is 4.99. The van der Waals surface area contributed by atoms with Gasteiger partial charge in [0.15, 0.2) is 0 Å². The van der Waals surface area contributed by atoms with Crippen LogP contribution in [0, 0.1) is 0 Å². The summed E-state index contributed by atoms with van der Waals surface area (Å²) in [4.78, 5) is 9.80. The molecule has 0 N–H and O–H groups in total. The standard InChI is InChI=1S/C7H10O.C2H6/c1-3-4-7(2)5-6-8;1-2/h3-4,6H,2,5H2,1H3;1-2H3/b4-3-;. The molecule has 0 aromatic carbocycles. The van der Waals surface area contributed by atoms with Gasteiger partial charge in [-0.2, -0.15) is 0 Å². The summed E-state index contributed by atoms with van der Waals surface area (Å²) < 4.78 is 0. The summed E-state index contributed by atoms with van der Waals surface area (Å²) in [5, 5.41) is 0. The highest BCUT2D eigenvalue weighted by Crippen LogP contribution is 1.94. The maximum absolute atomic E-state index is 9.80. The minimum absolute atomic E-state index is 0.449. The molecule has 0 aromatic heterocycles. The van der Waals surface area contributed by atoms with Gasteiger partial charge in [-0.3, -0.25) is 0 Å². The highest BCUT2D eigenvalue weighted by molar-refractivity contribution is 5.55. The molecule has 0 aliphatic carbocycles. The predicted octanol–water partition coefficient (Wildman–Crippen LogP) is 2.73. The summed E-state index contributed by atoms with van der Waals surface area (Å²) in [6.45, 7) is 9.51. The monoisotopic (exact) mass is 140 g/mol. The molecule has 0 saturated heterocycles. The number of carbonyl (C=O) groups excluding carboxylic acids is 1. The molecular weight excluding hydrogens is 124 g/mol. The van der Waals surface area contributed by atoms with E-state index in [4.69, 9.17) is 0 Å². The van der Waals surface area contributed by atoms with Gasteiger partial charge in [0.25, 0.3) is 0 Å². The molecule has 0 spiro atoms. The van der Waals surface area contributed by atoms with Gasteiger partial charge in [-0.25, -0.2) is 0 Å². The van der Waals surface area contributed by atoms with Crippen molar-refractivity contribution >= 4 is 6.29 Å². The zero-order valence-corrected chi connectivity index (χ0v) is 7.05. The minimum atomic E-state index is 0.449. The third-order valence-corrected chi connectivity index (χ3v) is 0.748. The van der Waals surface area contributed by atoms with E-state index < -0.39 is 0 Å². The van der Waals surface area contributed by atoms with E-state index >= 15 is 0 Å². The normalized spacial score (nSPS) is 8.30. The smallest absolute Gasteiger partial charge is 0.124 e. The maximum atomic E-state index is 9.80. The summed E-state index contributed by atoms with van der Waals surface area (Å²) in [6, 6.07) is 0. The number of carbonyl (C=O) groups is 1. The molecule has 0 saturated carbocycles. The second-order valence-corrected chi connectivity index (χ2v) is 1.53. The lowest BCUT2D eigenvalue weighted by Gasteiger charge is -1.85. The van der Waals surface area contributed by atoms with Gasteiger partial charge in [0.2, 0.25) is 0 Å². The number of rotatable bonds is 3. The lowest BCUT2D eigenvalue weighted by Crippen LogP contribution is -1.74. The van der Waals surface area contributed by atoms with Crippen LogP contribution in [0.15, 0.2) is 24.3 Å². The number of hydrogen-bond donors (Lipinski definition) is 0. The lowest BCUT2D eigenvalue weighted by atomic mass is 10.2. The molecule has 0 fully saturated rings. The van der Waals surface area contributed by atoms with Crippen LogP contribution in [0.4, 0.5) is 0 Å². The summed E-state index contributed by atoms with van der Waals surface area (Å²) in [7, 11) is 0. The zero-order chi connectivity index (χ0) is 8.41. The van der Waals surface area contributed by atoms with E-state index in [1.165, 1.54) is 0 Å². The Balaban J connectivity index is 0. The fraction of sp³-hybridized carbons (Fsp3) is 0.444. The largest absolute Gasteiger partial charge is 0.303 e. The zero-order valence-electron chi connectivity index (χ0n) is 7.05. The van der Waals surface area contributed by atoms with Crippen molar-refractivity contribution < 1.29 is 4.79 Å². The van der Waals surface area contributed by atoms with Gasteiger partial charge in [-0.15, -0.1) is 0 Å². The van der Waals surface area contributed by atoms with Crippen molar-refractivity contribution in [1.82, 2.24) is 0 Å². The molecule has 1 nitrogen and oxygen atoms in total. The van der Waals surface area contributed by atoms with E-state index in [2.05, 4.69) is 6.58 Å². The van der Waals surface area contributed by atoms with Gasteiger partial charge >= 0.3 is 0 Å². The summed E-state index contributed by atoms with van der Waals surface area (Å²) >= 11 is 0. The first-order valence-electron chi connectivity index (χ1n) is 3.55. The number of allylic oxidation sites excluding steroid dienone is 3. The molecule has 0 amide bonds. The van der Waals surface area contributed by atoms with Gasteiger partial charge in [0, 0.05) is 6.42 Å². The second-order valence-electron chi connectivity index (χ2n) is 1.53. The Morgan fingerprint density at radius 1 is 1.50 bits per heavy atom. The first-order chi connectivity index (χ1) is 4.81. The van der Waals surface area contributed by atoms with Crippen LogP contribution in [-0.4, -0.2) is 6.29 Å². The molecule has 0 unspecified atom stereocenters. The van der Waals surface area contributed by atoms with Gasteiger partial charge in [0.05, 0.1) is 0 Å². The van der Waals surface area contributed by atoms with E-state index in [0.29, 0.717) is 6.42 Å². The molecule has 10 heavy (non-hydrogen) atoms. The molecule has 1 heteroatoms. The molecular formula is C9H16O. The van der Waals surface area contributed by atoms with E-state index in [-0.39, 0.29) is 0 Å². The van der Waals surface area contributed by atoms with Crippen LogP contribution >= 0.6 is 0 Å². The van der Waals surface area contributed by atoms with Crippen molar-refractivity contribution in [3.05, 3.63) is 24.3 Å². The quantitative estimate of drug-likeness (QED) is 0.435. The molecule has 0 aromatic rings. The fourth-order valence-corrected chi connectivity index (χ4v) is 0.411. The third-order valence-electron chi connectivity index (χ3n) is 0.748. The Labute approximate surface area is 63.4 Å². The Morgan fingerprint density at radius 3 is 2.30 bits per heavy atom. The molecule has 0 heterocycles. The Kier molecular flexibility index (Phi) is 13.1. The van der Waals surface area contributed by atoms with Crippen LogP contribution in [0.3, 0.4) is 0 Å². The van der Waals surface area contributed by atoms with E-state index in [9.17, 15) is 4.79 Å². The molecule has 0 aliphatic heterocycles. The van der Waals surface area contributed by atoms with Gasteiger partial charge in [0.1, 0.15) is 6.29 Å². The van der Waals surface area contributed by atoms with Crippen molar-refractivity contribution in [3.8, 4) is 0 Å². The molecule has 0 atom stereocenters. The second kappa shape index (κ2) is 11.0. The third kappa shape index (κ3) is 10.2. The van der Waals surface area contributed by atoms with Crippen molar-refractivity contribution in [2.24, 2.45) is 0 Å². The Bertz CT molecular complexity index is 112. The van der Waals surface area contributed by atoms with Crippen molar-refractivity contribution in [2.45, 2.75) is 27.2 Å². The van der Waals surface area contributed by atoms with Crippen LogP contribution in [0.5, 0.6) is 0 Å². The topological polar surface area (TPSA) is 17.1 Å². The predicted molar refractivity (Wildman–Crippen MR) is 46.0 cm³/mol. The van der Waals surface area contributed by atoms with E-state index in [0.717, 1.165) is 11.9 Å². The molecule has 0 radical (unpaired) electrons. The van der Waals surface area contributed by atoms with Crippen molar-refractivity contribution in [1.29, 1.82) is 0 Å².